The fourth-order valence-electron chi connectivity index (χ4n) is 2.44. The summed E-state index contributed by atoms with van der Waals surface area (Å²) in [5, 5.41) is 7.85. The molecule has 0 aliphatic heterocycles. The molecule has 1 nitrogen and oxygen atoms in total. The lowest BCUT2D eigenvalue weighted by Gasteiger charge is -2.26. The Morgan fingerprint density at radius 2 is 1.64 bits per heavy atom. The summed E-state index contributed by atoms with van der Waals surface area (Å²) in [6, 6.07) is 10.7. The summed E-state index contributed by atoms with van der Waals surface area (Å²) in [6.07, 6.45) is 6.98. The van der Waals surface area contributed by atoms with Crippen LogP contribution >= 0.6 is 0 Å². The van der Waals surface area contributed by atoms with E-state index in [-0.39, 0.29) is 0 Å². The van der Waals surface area contributed by atoms with E-state index in [4.69, 9.17) is 5.40 Å². The van der Waals surface area contributed by atoms with Crippen LogP contribution in [0.2, 0.25) is 5.54 Å². The molecule has 0 spiro atoms. The predicted molar refractivity (Wildman–Crippen MR) is 64.2 cm³/mol. The van der Waals surface area contributed by atoms with Crippen molar-refractivity contribution in [3.05, 3.63) is 30.3 Å². The van der Waals surface area contributed by atoms with Crippen LogP contribution in [-0.2, 0) is 0 Å². The zero-order valence-electron chi connectivity index (χ0n) is 8.65. The molecular weight excluding hydrogens is 186 g/mol. The highest BCUT2D eigenvalue weighted by Gasteiger charge is 2.22. The minimum atomic E-state index is -1.14. The molecule has 0 aromatic heterocycles. The van der Waals surface area contributed by atoms with Crippen molar-refractivity contribution >= 4 is 14.1 Å². The van der Waals surface area contributed by atoms with Crippen LogP contribution in [0.1, 0.15) is 32.1 Å². The number of benzene rings is 1. The molecule has 2 rings (SSSR count). The normalized spacial score (nSPS) is 20.6. The summed E-state index contributed by atoms with van der Waals surface area (Å²) >= 11 is 0. The van der Waals surface area contributed by atoms with Gasteiger partial charge in [-0.2, -0.15) is 0 Å². The Labute approximate surface area is 88.0 Å². The summed E-state index contributed by atoms with van der Waals surface area (Å²) in [4.78, 5) is 0. The van der Waals surface area contributed by atoms with Gasteiger partial charge in [-0.15, -0.1) is 0 Å². The Bertz CT molecular complexity index is 267. The second kappa shape index (κ2) is 4.76. The van der Waals surface area contributed by atoms with Crippen molar-refractivity contribution in [1.29, 1.82) is 0 Å². The molecule has 1 fully saturated rings. The molecule has 0 saturated heterocycles. The second-order valence-corrected chi connectivity index (χ2v) is 7.00. The van der Waals surface area contributed by atoms with E-state index >= 15 is 0 Å². The molecule has 1 aromatic rings. The lowest BCUT2D eigenvalue weighted by atomic mass is 10.0. The van der Waals surface area contributed by atoms with Gasteiger partial charge in [0.2, 0.25) is 0 Å². The van der Waals surface area contributed by atoms with E-state index < -0.39 is 8.96 Å². The third-order valence-electron chi connectivity index (χ3n) is 3.34. The highest BCUT2D eigenvalue weighted by atomic mass is 28.3. The molecular formula is C12H19NSi. The molecule has 0 bridgehead atoms. The first-order valence-corrected chi connectivity index (χ1v) is 7.59. The second-order valence-electron chi connectivity index (χ2n) is 4.33. The van der Waals surface area contributed by atoms with Gasteiger partial charge >= 0.3 is 0 Å². The summed E-state index contributed by atoms with van der Waals surface area (Å²) in [6.45, 7) is 0. The minimum Gasteiger partial charge on any atom is -0.349 e. The quantitative estimate of drug-likeness (QED) is 0.733. The van der Waals surface area contributed by atoms with Crippen LogP contribution in [0.15, 0.2) is 30.3 Å². The van der Waals surface area contributed by atoms with Crippen LogP contribution in [-0.4, -0.2) is 8.96 Å². The van der Waals surface area contributed by atoms with E-state index in [1.807, 2.05) is 0 Å². The number of hydrogen-bond donors (Lipinski definition) is 1. The lowest BCUT2D eigenvalue weighted by Crippen LogP contribution is -2.44. The first-order chi connectivity index (χ1) is 6.88. The topological polar surface area (TPSA) is 26.0 Å². The highest BCUT2D eigenvalue weighted by molar-refractivity contribution is 6.71. The zero-order valence-corrected chi connectivity index (χ0v) is 9.81. The number of nitrogens with two attached hydrogens (primary N) is 1. The standard InChI is InChI=1S/C12H19NSi/c13-14(11-7-3-1-4-8-11)12-9-5-2-6-10-12/h1,3-4,7-8,12,14H,2,5-6,9-10,13H2. The van der Waals surface area contributed by atoms with Crippen LogP contribution in [0.4, 0.5) is 0 Å². The lowest BCUT2D eigenvalue weighted by molar-refractivity contribution is 0.497. The van der Waals surface area contributed by atoms with Crippen molar-refractivity contribution in [2.24, 2.45) is 5.40 Å². The smallest absolute Gasteiger partial charge is 0.141 e. The maximum atomic E-state index is 6.41. The Morgan fingerprint density at radius 1 is 1.00 bits per heavy atom. The van der Waals surface area contributed by atoms with E-state index in [9.17, 15) is 0 Å². The van der Waals surface area contributed by atoms with Crippen molar-refractivity contribution in [2.45, 2.75) is 37.6 Å². The summed E-state index contributed by atoms with van der Waals surface area (Å²) in [5.74, 6) is 0. The van der Waals surface area contributed by atoms with Gasteiger partial charge in [0.15, 0.2) is 0 Å². The van der Waals surface area contributed by atoms with Gasteiger partial charge in [0.1, 0.15) is 8.96 Å². The van der Waals surface area contributed by atoms with Gasteiger partial charge in [0.05, 0.1) is 0 Å². The van der Waals surface area contributed by atoms with Crippen LogP contribution in [0.5, 0.6) is 0 Å². The van der Waals surface area contributed by atoms with Gasteiger partial charge in [0, 0.05) is 0 Å². The first-order valence-electron chi connectivity index (χ1n) is 5.68. The van der Waals surface area contributed by atoms with Crippen molar-refractivity contribution in [2.75, 3.05) is 0 Å². The molecule has 14 heavy (non-hydrogen) atoms. The van der Waals surface area contributed by atoms with Crippen LogP contribution < -0.4 is 10.6 Å². The van der Waals surface area contributed by atoms with Gasteiger partial charge in [-0.25, -0.2) is 0 Å². The largest absolute Gasteiger partial charge is 0.349 e. The predicted octanol–water partition coefficient (Wildman–Crippen LogP) is 1.91. The third kappa shape index (κ3) is 2.25. The van der Waals surface area contributed by atoms with Gasteiger partial charge in [0.25, 0.3) is 0 Å². The van der Waals surface area contributed by atoms with Crippen LogP contribution in [0, 0.1) is 0 Å². The fourth-order valence-corrected chi connectivity index (χ4v) is 4.84. The van der Waals surface area contributed by atoms with Gasteiger partial charge in [-0.1, -0.05) is 62.4 Å². The number of rotatable bonds is 2. The average molecular weight is 205 g/mol. The van der Waals surface area contributed by atoms with E-state index in [2.05, 4.69) is 30.3 Å². The molecule has 0 heterocycles. The molecule has 1 unspecified atom stereocenters. The van der Waals surface area contributed by atoms with Crippen LogP contribution in [0.3, 0.4) is 0 Å². The van der Waals surface area contributed by atoms with Crippen molar-refractivity contribution in [1.82, 2.24) is 0 Å². The zero-order chi connectivity index (χ0) is 9.80. The summed E-state index contributed by atoms with van der Waals surface area (Å²) in [5.41, 5.74) is 0.853. The number of hydrogen-bond acceptors (Lipinski definition) is 1. The molecule has 2 N–H and O–H groups in total. The van der Waals surface area contributed by atoms with E-state index in [1.54, 1.807) is 0 Å². The molecule has 1 saturated carbocycles. The maximum absolute atomic E-state index is 6.41. The molecule has 1 aliphatic rings. The highest BCUT2D eigenvalue weighted by Crippen LogP contribution is 2.29. The fraction of sp³-hybridized carbons (Fsp3) is 0.500. The summed E-state index contributed by atoms with van der Waals surface area (Å²) < 4.78 is 0. The van der Waals surface area contributed by atoms with E-state index in [0.717, 1.165) is 5.54 Å². The van der Waals surface area contributed by atoms with Crippen molar-refractivity contribution in [3.63, 3.8) is 0 Å². The Balaban J connectivity index is 2.03. The van der Waals surface area contributed by atoms with Gasteiger partial charge in [-0.3, -0.25) is 0 Å². The first kappa shape index (κ1) is 9.93. The van der Waals surface area contributed by atoms with Crippen LogP contribution in [0.25, 0.3) is 0 Å². The Kier molecular flexibility index (Phi) is 3.38. The Morgan fingerprint density at radius 3 is 2.29 bits per heavy atom. The van der Waals surface area contributed by atoms with Crippen molar-refractivity contribution < 1.29 is 0 Å². The maximum Gasteiger partial charge on any atom is 0.141 e. The molecule has 0 amide bonds. The molecule has 0 radical (unpaired) electrons. The molecule has 1 aliphatic carbocycles. The van der Waals surface area contributed by atoms with Gasteiger partial charge in [-0.05, 0) is 10.7 Å². The SMILES string of the molecule is N[SiH](c1ccccc1)C1CCCCC1. The van der Waals surface area contributed by atoms with Crippen molar-refractivity contribution in [3.8, 4) is 0 Å². The average Bonchev–Trinajstić information content (AvgIpc) is 2.30. The Hall–Kier alpha value is -0.603. The van der Waals surface area contributed by atoms with E-state index in [0.29, 0.717) is 0 Å². The van der Waals surface area contributed by atoms with Gasteiger partial charge < -0.3 is 5.40 Å². The molecule has 76 valence electrons. The monoisotopic (exact) mass is 205 g/mol. The third-order valence-corrected chi connectivity index (χ3v) is 6.18. The summed E-state index contributed by atoms with van der Waals surface area (Å²) in [7, 11) is -1.14. The van der Waals surface area contributed by atoms with E-state index in [1.165, 1.54) is 37.3 Å². The molecule has 1 atom stereocenters. The molecule has 2 heteroatoms. The molecule has 1 aromatic carbocycles. The minimum absolute atomic E-state index is 0.853.